The molecule has 1 aliphatic rings. The van der Waals surface area contributed by atoms with Gasteiger partial charge < -0.3 is 10.3 Å². The van der Waals surface area contributed by atoms with Crippen LogP contribution in [0.5, 0.6) is 0 Å². The fourth-order valence-electron chi connectivity index (χ4n) is 3.92. The molecule has 6 heteroatoms. The number of carbonyl (C=O) groups is 1. The number of hydrogen-bond acceptors (Lipinski definition) is 3. The normalized spacial score (nSPS) is 16.2. The van der Waals surface area contributed by atoms with E-state index in [2.05, 4.69) is 27.4 Å². The van der Waals surface area contributed by atoms with Gasteiger partial charge in [0, 0.05) is 23.2 Å². The van der Waals surface area contributed by atoms with Crippen molar-refractivity contribution in [3.05, 3.63) is 68.0 Å². The minimum absolute atomic E-state index is 0.0389. The van der Waals surface area contributed by atoms with E-state index in [1.165, 1.54) is 12.0 Å². The quantitative estimate of drug-likeness (QED) is 0.765. The van der Waals surface area contributed by atoms with E-state index >= 15 is 0 Å². The van der Waals surface area contributed by atoms with Crippen molar-refractivity contribution in [1.82, 2.24) is 15.3 Å². The molecule has 26 heavy (non-hydrogen) atoms. The van der Waals surface area contributed by atoms with Crippen molar-refractivity contribution in [2.24, 2.45) is 0 Å². The largest absolute Gasteiger partial charge is 0.355 e. The Morgan fingerprint density at radius 2 is 1.77 bits per heavy atom. The average Bonchev–Trinajstić information content (AvgIpc) is 2.64. The summed E-state index contributed by atoms with van der Waals surface area (Å²) in [6, 6.07) is 10.3. The molecule has 0 radical (unpaired) electrons. The van der Waals surface area contributed by atoms with Crippen LogP contribution in [-0.4, -0.2) is 22.4 Å². The lowest BCUT2D eigenvalue weighted by Crippen LogP contribution is -2.43. The summed E-state index contributed by atoms with van der Waals surface area (Å²) >= 11 is 0. The maximum atomic E-state index is 12.5. The van der Waals surface area contributed by atoms with Crippen molar-refractivity contribution in [3.8, 4) is 0 Å². The third-order valence-corrected chi connectivity index (χ3v) is 5.41. The Hall–Kier alpha value is -2.63. The summed E-state index contributed by atoms with van der Waals surface area (Å²) in [5.41, 5.74) is 0.905. The van der Waals surface area contributed by atoms with Crippen LogP contribution in [0.2, 0.25) is 0 Å². The zero-order valence-electron chi connectivity index (χ0n) is 15.1. The van der Waals surface area contributed by atoms with Crippen LogP contribution >= 0.6 is 0 Å². The molecule has 0 unspecified atom stereocenters. The average molecular weight is 355 g/mol. The van der Waals surface area contributed by atoms with Crippen molar-refractivity contribution in [2.75, 3.05) is 6.54 Å². The van der Waals surface area contributed by atoms with E-state index in [0.29, 0.717) is 17.8 Å². The summed E-state index contributed by atoms with van der Waals surface area (Å²) in [6.07, 6.45) is 5.61. The molecule has 0 saturated heterocycles. The highest BCUT2D eigenvalue weighted by Gasteiger charge is 2.34. The van der Waals surface area contributed by atoms with Gasteiger partial charge in [0.15, 0.2) is 0 Å². The first-order valence-corrected chi connectivity index (χ1v) is 9.14. The molecule has 1 aromatic carbocycles. The highest BCUT2D eigenvalue weighted by molar-refractivity contribution is 5.78. The van der Waals surface area contributed by atoms with Gasteiger partial charge in [0.25, 0.3) is 5.56 Å². The summed E-state index contributed by atoms with van der Waals surface area (Å²) in [6.45, 7) is 2.20. The van der Waals surface area contributed by atoms with Gasteiger partial charge in [-0.3, -0.25) is 14.6 Å². The van der Waals surface area contributed by atoms with E-state index < -0.39 is 11.2 Å². The summed E-state index contributed by atoms with van der Waals surface area (Å²) in [5.74, 6) is -0.202. The molecule has 0 bridgehead atoms. The van der Waals surface area contributed by atoms with Crippen LogP contribution in [0.1, 0.15) is 48.9 Å². The Morgan fingerprint density at radius 3 is 2.42 bits per heavy atom. The second kappa shape index (κ2) is 7.72. The van der Waals surface area contributed by atoms with Gasteiger partial charge in [-0.25, -0.2) is 4.79 Å². The molecule has 138 valence electrons. The number of H-pyrrole nitrogens is 2. The van der Waals surface area contributed by atoms with Gasteiger partial charge in [-0.15, -0.1) is 0 Å². The van der Waals surface area contributed by atoms with Crippen LogP contribution in [0.3, 0.4) is 0 Å². The van der Waals surface area contributed by atoms with Crippen LogP contribution in [0.25, 0.3) is 0 Å². The van der Waals surface area contributed by atoms with Crippen molar-refractivity contribution < 1.29 is 4.79 Å². The van der Waals surface area contributed by atoms with Crippen molar-refractivity contribution in [3.63, 3.8) is 0 Å². The van der Waals surface area contributed by atoms with Gasteiger partial charge in [-0.05, 0) is 25.3 Å². The molecule has 1 heterocycles. The minimum atomic E-state index is -0.554. The van der Waals surface area contributed by atoms with E-state index in [-0.39, 0.29) is 17.7 Å². The highest BCUT2D eigenvalue weighted by atomic mass is 16.2. The first kappa shape index (κ1) is 18.2. The van der Waals surface area contributed by atoms with E-state index in [9.17, 15) is 14.4 Å². The number of nitrogens with one attached hydrogen (secondary N) is 3. The van der Waals surface area contributed by atoms with E-state index in [1.54, 1.807) is 6.92 Å². The second-order valence-electron chi connectivity index (χ2n) is 7.17. The summed E-state index contributed by atoms with van der Waals surface area (Å²) in [5, 5.41) is 3.03. The van der Waals surface area contributed by atoms with Crippen LogP contribution in [-0.2, 0) is 16.6 Å². The summed E-state index contributed by atoms with van der Waals surface area (Å²) < 4.78 is 0. The molecule has 1 amide bonds. The van der Waals surface area contributed by atoms with Gasteiger partial charge in [-0.1, -0.05) is 49.6 Å². The molecule has 2 aromatic rings. The van der Waals surface area contributed by atoms with E-state index in [1.807, 2.05) is 18.2 Å². The summed E-state index contributed by atoms with van der Waals surface area (Å²) in [4.78, 5) is 40.4. The Kier molecular flexibility index (Phi) is 5.40. The third-order valence-electron chi connectivity index (χ3n) is 5.41. The first-order valence-electron chi connectivity index (χ1n) is 9.14. The SMILES string of the molecule is Cc1[nH]c(=O)[nH]c(=O)c1CC(=O)NCC1(c2ccccc2)CCCCC1. The standard InChI is InChI=1S/C20H25N3O3/c1-14-16(18(25)23-19(26)22-14)12-17(24)21-13-20(10-6-3-7-11-20)15-8-4-2-5-9-15/h2,4-5,8-9H,3,6-7,10-13H2,1H3,(H,21,24)(H2,22,23,25,26). The summed E-state index contributed by atoms with van der Waals surface area (Å²) in [7, 11) is 0. The lowest BCUT2D eigenvalue weighted by Gasteiger charge is -2.38. The first-order chi connectivity index (χ1) is 12.5. The van der Waals surface area contributed by atoms with Crippen molar-refractivity contribution >= 4 is 5.91 Å². The molecule has 1 aromatic heterocycles. The molecule has 1 aliphatic carbocycles. The van der Waals surface area contributed by atoms with Crippen LogP contribution in [0.15, 0.2) is 39.9 Å². The molecule has 0 spiro atoms. The van der Waals surface area contributed by atoms with Gasteiger partial charge >= 0.3 is 5.69 Å². The number of carbonyl (C=O) groups excluding carboxylic acids is 1. The van der Waals surface area contributed by atoms with Crippen LogP contribution < -0.4 is 16.6 Å². The predicted molar refractivity (Wildman–Crippen MR) is 100 cm³/mol. The van der Waals surface area contributed by atoms with E-state index in [0.717, 1.165) is 25.7 Å². The van der Waals surface area contributed by atoms with Gasteiger partial charge in [0.05, 0.1) is 6.42 Å². The molecule has 0 aliphatic heterocycles. The number of aromatic nitrogens is 2. The number of aryl methyl sites for hydroxylation is 1. The number of benzene rings is 1. The number of rotatable bonds is 5. The molecule has 0 atom stereocenters. The Bertz CT molecular complexity index is 877. The lowest BCUT2D eigenvalue weighted by molar-refractivity contribution is -0.120. The molecular weight excluding hydrogens is 330 g/mol. The van der Waals surface area contributed by atoms with Crippen LogP contribution in [0, 0.1) is 6.92 Å². The molecule has 6 nitrogen and oxygen atoms in total. The molecule has 1 saturated carbocycles. The zero-order chi connectivity index (χ0) is 18.6. The Balaban J connectivity index is 1.73. The number of aromatic amines is 2. The van der Waals surface area contributed by atoms with Gasteiger partial charge in [0.2, 0.25) is 5.91 Å². The monoisotopic (exact) mass is 355 g/mol. The second-order valence-corrected chi connectivity index (χ2v) is 7.17. The lowest BCUT2D eigenvalue weighted by atomic mass is 9.69. The van der Waals surface area contributed by atoms with Gasteiger partial charge in [-0.2, -0.15) is 0 Å². The topological polar surface area (TPSA) is 94.8 Å². The third kappa shape index (κ3) is 3.95. The van der Waals surface area contributed by atoms with Crippen LogP contribution in [0.4, 0.5) is 0 Å². The molecule has 3 rings (SSSR count). The smallest absolute Gasteiger partial charge is 0.325 e. The Labute approximate surface area is 152 Å². The predicted octanol–water partition coefficient (Wildman–Crippen LogP) is 1.93. The Morgan fingerprint density at radius 1 is 1.08 bits per heavy atom. The van der Waals surface area contributed by atoms with Gasteiger partial charge in [0.1, 0.15) is 0 Å². The number of hydrogen-bond donors (Lipinski definition) is 3. The van der Waals surface area contributed by atoms with Crippen molar-refractivity contribution in [2.45, 2.75) is 50.9 Å². The zero-order valence-corrected chi connectivity index (χ0v) is 15.1. The molecular formula is C20H25N3O3. The molecule has 3 N–H and O–H groups in total. The van der Waals surface area contributed by atoms with Crippen molar-refractivity contribution in [1.29, 1.82) is 0 Å². The molecule has 1 fully saturated rings. The maximum Gasteiger partial charge on any atom is 0.325 e. The minimum Gasteiger partial charge on any atom is -0.355 e. The maximum absolute atomic E-state index is 12.5. The fraction of sp³-hybridized carbons (Fsp3) is 0.450. The highest BCUT2D eigenvalue weighted by Crippen LogP contribution is 2.38. The number of amides is 1. The van der Waals surface area contributed by atoms with E-state index in [4.69, 9.17) is 0 Å². The fourth-order valence-corrected chi connectivity index (χ4v) is 3.92.